The predicted octanol–water partition coefficient (Wildman–Crippen LogP) is 6.71. The van der Waals surface area contributed by atoms with Crippen molar-refractivity contribution >= 4 is 33.2 Å². The molecule has 4 heterocycles. The Morgan fingerprint density at radius 2 is 1.78 bits per heavy atom. The molecule has 4 atom stereocenters. The molecule has 3 unspecified atom stereocenters. The smallest absolute Gasteiger partial charge is 0.225 e. The number of fused-ring (bicyclic) bond motifs is 3. The van der Waals surface area contributed by atoms with E-state index in [-0.39, 0.29) is 23.7 Å². The predicted molar refractivity (Wildman–Crippen MR) is 184 cm³/mol. The van der Waals surface area contributed by atoms with Crippen LogP contribution in [-0.4, -0.2) is 53.8 Å². The van der Waals surface area contributed by atoms with Crippen molar-refractivity contribution in [3.05, 3.63) is 81.7 Å². The minimum atomic E-state index is -0.549. The Kier molecular flexibility index (Phi) is 7.99. The first-order chi connectivity index (χ1) is 21.6. The van der Waals surface area contributed by atoms with Gasteiger partial charge in [-0.3, -0.25) is 14.5 Å². The second-order valence-corrected chi connectivity index (χ2v) is 15.6. The molecule has 1 amide bonds. The summed E-state index contributed by atoms with van der Waals surface area (Å²) >= 11 is 1.72. The second-order valence-electron chi connectivity index (χ2n) is 14.5. The van der Waals surface area contributed by atoms with Crippen molar-refractivity contribution < 1.29 is 9.59 Å². The van der Waals surface area contributed by atoms with Crippen LogP contribution in [0.3, 0.4) is 0 Å². The third kappa shape index (κ3) is 5.68. The minimum absolute atomic E-state index is 0.0333. The van der Waals surface area contributed by atoms with Gasteiger partial charge in [0.05, 0.1) is 17.0 Å². The lowest BCUT2D eigenvalue weighted by atomic mass is 9.76. The first kappa shape index (κ1) is 30.4. The summed E-state index contributed by atoms with van der Waals surface area (Å²) in [7, 11) is 0. The van der Waals surface area contributed by atoms with Gasteiger partial charge in [-0.1, -0.05) is 54.4 Å². The Morgan fingerprint density at radius 3 is 2.42 bits per heavy atom. The van der Waals surface area contributed by atoms with Crippen molar-refractivity contribution in [3.8, 4) is 11.3 Å². The molecule has 2 saturated heterocycles. The molecule has 4 aromatic rings. The van der Waals surface area contributed by atoms with E-state index in [1.165, 1.54) is 33.2 Å². The molecule has 3 aliphatic rings. The molecule has 1 saturated carbocycles. The van der Waals surface area contributed by atoms with Crippen molar-refractivity contribution in [2.75, 3.05) is 26.2 Å². The molecule has 7 heteroatoms. The van der Waals surface area contributed by atoms with Gasteiger partial charge in [0, 0.05) is 54.3 Å². The van der Waals surface area contributed by atoms with E-state index in [2.05, 4.69) is 104 Å². The van der Waals surface area contributed by atoms with Crippen molar-refractivity contribution in [1.29, 1.82) is 0 Å². The number of Topliss-reactive ketones (excluding diaryl/α,β-unsaturated/α-hetero) is 1. The fourth-order valence-corrected chi connectivity index (χ4v) is 9.33. The summed E-state index contributed by atoms with van der Waals surface area (Å²) in [6.07, 6.45) is 2.27. The molecular weight excluding hydrogens is 577 g/mol. The average Bonchev–Trinajstić information content (AvgIpc) is 3.77. The maximum absolute atomic E-state index is 14.0. The van der Waals surface area contributed by atoms with Crippen LogP contribution in [-0.2, 0) is 21.5 Å². The number of aromatic amines is 1. The molecule has 0 spiro atoms. The van der Waals surface area contributed by atoms with Gasteiger partial charge in [0.25, 0.3) is 0 Å². The Labute approximate surface area is 271 Å². The zero-order chi connectivity index (χ0) is 31.5. The number of hydrogen-bond donors (Lipinski definition) is 3. The Morgan fingerprint density at radius 1 is 1.04 bits per heavy atom. The molecular formula is C38H46N4O2S. The monoisotopic (exact) mass is 622 g/mol. The number of thiophene rings is 1. The van der Waals surface area contributed by atoms with Crippen molar-refractivity contribution in [1.82, 2.24) is 20.5 Å². The fourth-order valence-electron chi connectivity index (χ4n) is 8.15. The molecule has 2 aromatic heterocycles. The van der Waals surface area contributed by atoms with Gasteiger partial charge >= 0.3 is 0 Å². The van der Waals surface area contributed by atoms with Gasteiger partial charge in [-0.25, -0.2) is 0 Å². The Bertz CT molecular complexity index is 1690. The van der Waals surface area contributed by atoms with Crippen LogP contribution in [0.1, 0.15) is 66.7 Å². The topological polar surface area (TPSA) is 77.2 Å². The first-order valence-electron chi connectivity index (χ1n) is 16.6. The number of nitrogens with zero attached hydrogens (tertiary/aromatic N) is 1. The van der Waals surface area contributed by atoms with E-state index in [0.717, 1.165) is 54.4 Å². The van der Waals surface area contributed by atoms with E-state index in [1.54, 1.807) is 11.3 Å². The van der Waals surface area contributed by atoms with Crippen LogP contribution in [0, 0.1) is 31.6 Å². The number of likely N-dealkylation sites (tertiary alicyclic amines) is 1. The van der Waals surface area contributed by atoms with Crippen LogP contribution >= 0.6 is 11.3 Å². The molecule has 7 rings (SSSR count). The second kappa shape index (κ2) is 11.8. The average molecular weight is 623 g/mol. The van der Waals surface area contributed by atoms with Gasteiger partial charge < -0.3 is 15.6 Å². The Hall–Kier alpha value is -3.26. The number of hydrogen-bond acceptors (Lipinski definition) is 5. The van der Waals surface area contributed by atoms with Crippen molar-refractivity contribution in [2.45, 2.75) is 71.4 Å². The molecule has 2 aliphatic heterocycles. The summed E-state index contributed by atoms with van der Waals surface area (Å²) < 4.78 is 0. The SMILES string of the molecule is Cc1cc(C)cc(-c2[nH]c3sc(C(C)(C)C(=O)C4C5CCC4NC5)cc3c2[C@H](C)CNC(=O)C2CN(Cc3ccccc3)C2)c1. The number of amides is 1. The maximum atomic E-state index is 14.0. The number of carbonyl (C=O) groups excluding carboxylic acids is 2. The molecule has 1 aliphatic carbocycles. The number of H-pyrrole nitrogens is 1. The lowest BCUT2D eigenvalue weighted by Gasteiger charge is -2.38. The zero-order valence-corrected chi connectivity index (χ0v) is 28.0. The van der Waals surface area contributed by atoms with Crippen LogP contribution < -0.4 is 10.6 Å². The normalized spacial score (nSPS) is 22.6. The van der Waals surface area contributed by atoms with E-state index in [4.69, 9.17) is 0 Å². The summed E-state index contributed by atoms with van der Waals surface area (Å²) in [5, 5.41) is 8.06. The first-order valence-corrected chi connectivity index (χ1v) is 17.5. The summed E-state index contributed by atoms with van der Waals surface area (Å²) in [6, 6.07) is 19.7. The van der Waals surface area contributed by atoms with Crippen molar-refractivity contribution in [3.63, 3.8) is 0 Å². The van der Waals surface area contributed by atoms with Crippen LogP contribution in [0.15, 0.2) is 54.6 Å². The van der Waals surface area contributed by atoms with Crippen LogP contribution in [0.4, 0.5) is 0 Å². The largest absolute Gasteiger partial charge is 0.355 e. The third-order valence-electron chi connectivity index (χ3n) is 10.7. The molecule has 236 valence electrons. The quantitative estimate of drug-likeness (QED) is 0.184. The van der Waals surface area contributed by atoms with Gasteiger partial charge in [0.1, 0.15) is 10.6 Å². The van der Waals surface area contributed by atoms with Gasteiger partial charge in [0.2, 0.25) is 5.91 Å². The number of aromatic nitrogens is 1. The van der Waals surface area contributed by atoms with Gasteiger partial charge in [-0.05, 0) is 87.9 Å². The van der Waals surface area contributed by atoms with E-state index in [9.17, 15) is 9.59 Å². The molecule has 6 nitrogen and oxygen atoms in total. The van der Waals surface area contributed by atoms with Crippen LogP contribution in [0.2, 0.25) is 0 Å². The summed E-state index contributed by atoms with van der Waals surface area (Å²) in [6.45, 7) is 14.8. The molecule has 45 heavy (non-hydrogen) atoms. The van der Waals surface area contributed by atoms with Crippen molar-refractivity contribution in [2.24, 2.45) is 17.8 Å². The Balaban J connectivity index is 1.12. The molecule has 2 aromatic carbocycles. The number of piperidine rings is 1. The van der Waals surface area contributed by atoms with E-state index < -0.39 is 5.41 Å². The summed E-state index contributed by atoms with van der Waals surface area (Å²) in [5.74, 6) is 1.24. The van der Waals surface area contributed by atoms with E-state index in [0.29, 0.717) is 24.3 Å². The molecule has 3 N–H and O–H groups in total. The number of aryl methyl sites for hydroxylation is 2. The zero-order valence-electron chi connectivity index (χ0n) is 27.2. The number of benzene rings is 2. The number of nitrogens with one attached hydrogen (secondary N) is 3. The van der Waals surface area contributed by atoms with Gasteiger partial charge in [-0.15, -0.1) is 11.3 Å². The third-order valence-corrected chi connectivity index (χ3v) is 12.0. The fraction of sp³-hybridized carbons (Fsp3) is 0.474. The highest BCUT2D eigenvalue weighted by Gasteiger charge is 2.50. The molecule has 3 fully saturated rings. The lowest BCUT2D eigenvalue weighted by Crippen LogP contribution is -2.53. The summed E-state index contributed by atoms with van der Waals surface area (Å²) in [4.78, 5) is 35.6. The molecule has 0 radical (unpaired) electrons. The lowest BCUT2D eigenvalue weighted by molar-refractivity contribution is -0.130. The maximum Gasteiger partial charge on any atom is 0.225 e. The number of carbonyl (C=O) groups is 2. The van der Waals surface area contributed by atoms with E-state index >= 15 is 0 Å². The highest BCUT2D eigenvalue weighted by atomic mass is 32.1. The highest BCUT2D eigenvalue weighted by Crippen LogP contribution is 2.46. The van der Waals surface area contributed by atoms with Gasteiger partial charge in [-0.2, -0.15) is 0 Å². The number of rotatable bonds is 10. The summed E-state index contributed by atoms with van der Waals surface area (Å²) in [5.41, 5.74) is 6.71. The standard InChI is InChI=1S/C38H46N4O2S/c1-22-13-23(2)15-27(14-22)34-32(24(3)17-40-36(44)28-20-42(21-28)19-25-9-7-6-8-10-25)29-16-31(45-37(29)41-34)38(4,5)35(43)33-26-11-12-30(33)39-18-26/h6-10,13-16,24,26,28,30,33,39,41H,11-12,17-21H2,1-5H3,(H,40,44)/t24-,26?,30?,33?/m1/s1. The minimum Gasteiger partial charge on any atom is -0.355 e. The van der Waals surface area contributed by atoms with E-state index in [1.807, 2.05) is 6.07 Å². The van der Waals surface area contributed by atoms with Crippen LogP contribution in [0.25, 0.3) is 21.5 Å². The highest BCUT2D eigenvalue weighted by molar-refractivity contribution is 7.19. The number of ketones is 1. The van der Waals surface area contributed by atoms with Crippen LogP contribution in [0.5, 0.6) is 0 Å². The molecule has 2 bridgehead atoms. The van der Waals surface area contributed by atoms with Gasteiger partial charge in [0.15, 0.2) is 0 Å².